The van der Waals surface area contributed by atoms with Gasteiger partial charge in [0, 0.05) is 18.5 Å². The van der Waals surface area contributed by atoms with Crippen LogP contribution in [0.4, 0.5) is 4.79 Å². The maximum absolute atomic E-state index is 13.0. The molecule has 2 aromatic carbocycles. The minimum Gasteiger partial charge on any atom is -0.369 e. The Morgan fingerprint density at radius 2 is 1.91 bits per heavy atom. The number of aliphatic imine (C=N–C) groups is 1. The number of urea groups is 1. The van der Waals surface area contributed by atoms with Crippen molar-refractivity contribution in [1.82, 2.24) is 15.5 Å². The van der Waals surface area contributed by atoms with Crippen molar-refractivity contribution in [2.24, 2.45) is 16.6 Å². The Labute approximate surface area is 195 Å². The van der Waals surface area contributed by atoms with Gasteiger partial charge in [0.2, 0.25) is 0 Å². The number of benzene rings is 2. The predicted molar refractivity (Wildman–Crippen MR) is 129 cm³/mol. The molecule has 7 nitrogen and oxygen atoms in total. The zero-order chi connectivity index (χ0) is 23.6. The molecular formula is C26H33N5O2. The van der Waals surface area contributed by atoms with Gasteiger partial charge in [-0.15, -0.1) is 0 Å². The van der Waals surface area contributed by atoms with Gasteiger partial charge in [-0.05, 0) is 42.4 Å². The first-order chi connectivity index (χ1) is 15.7. The molecular weight excluding hydrogens is 414 g/mol. The summed E-state index contributed by atoms with van der Waals surface area (Å²) in [4.78, 5) is 31.3. The van der Waals surface area contributed by atoms with E-state index < -0.39 is 5.54 Å². The molecule has 0 bridgehead atoms. The number of guanidine groups is 1. The topological polar surface area (TPSA) is 99.8 Å². The van der Waals surface area contributed by atoms with Crippen LogP contribution in [-0.4, -0.2) is 34.4 Å². The molecule has 1 heterocycles. The molecule has 2 aromatic rings. The van der Waals surface area contributed by atoms with E-state index in [1.54, 1.807) is 4.90 Å². The molecule has 0 radical (unpaired) electrons. The Balaban J connectivity index is 1.29. The third-order valence-corrected chi connectivity index (χ3v) is 6.27. The Morgan fingerprint density at radius 1 is 1.18 bits per heavy atom. The second-order valence-corrected chi connectivity index (χ2v) is 9.74. The average molecular weight is 448 g/mol. The number of hydrogen-bond acceptors (Lipinski definition) is 4. The maximum atomic E-state index is 13.0. The van der Waals surface area contributed by atoms with Crippen molar-refractivity contribution in [3.8, 4) is 0 Å². The third-order valence-electron chi connectivity index (χ3n) is 6.27. The van der Waals surface area contributed by atoms with Gasteiger partial charge in [0.25, 0.3) is 5.91 Å². The normalized spacial score (nSPS) is 24.1. The van der Waals surface area contributed by atoms with Crippen LogP contribution < -0.4 is 16.4 Å². The van der Waals surface area contributed by atoms with E-state index in [1.807, 2.05) is 49.4 Å². The van der Waals surface area contributed by atoms with E-state index in [-0.39, 0.29) is 23.9 Å². The van der Waals surface area contributed by atoms with Crippen LogP contribution in [-0.2, 0) is 17.9 Å². The van der Waals surface area contributed by atoms with Crippen LogP contribution in [0.3, 0.4) is 0 Å². The summed E-state index contributed by atoms with van der Waals surface area (Å²) in [5.74, 6) is 0.943. The van der Waals surface area contributed by atoms with Crippen LogP contribution in [0.1, 0.15) is 56.2 Å². The lowest BCUT2D eigenvalue weighted by Gasteiger charge is -2.23. The zero-order valence-electron chi connectivity index (χ0n) is 19.5. The summed E-state index contributed by atoms with van der Waals surface area (Å²) in [5.41, 5.74) is 8.48. The highest BCUT2D eigenvalue weighted by Crippen LogP contribution is 2.40. The third kappa shape index (κ3) is 5.35. The molecule has 1 aliphatic heterocycles. The number of hydrogen-bond donors (Lipinski definition) is 3. The highest BCUT2D eigenvalue weighted by Gasteiger charge is 2.44. The van der Waals surface area contributed by atoms with Gasteiger partial charge in [0.15, 0.2) is 5.96 Å². The fraction of sp³-hybridized carbons (Fsp3) is 0.423. The molecule has 0 spiro atoms. The minimum atomic E-state index is -0.796. The van der Waals surface area contributed by atoms with Crippen molar-refractivity contribution >= 4 is 17.9 Å². The quantitative estimate of drug-likeness (QED) is 0.577. The van der Waals surface area contributed by atoms with Crippen LogP contribution in [0.2, 0.25) is 0 Å². The number of carbonyl (C=O) groups excluding carboxylic acids is 2. The molecule has 1 fully saturated rings. The Hall–Kier alpha value is -3.35. The first kappa shape index (κ1) is 22.8. The predicted octanol–water partition coefficient (Wildman–Crippen LogP) is 3.50. The zero-order valence-corrected chi connectivity index (χ0v) is 19.5. The van der Waals surface area contributed by atoms with E-state index >= 15 is 0 Å². The van der Waals surface area contributed by atoms with Gasteiger partial charge in [0.05, 0.1) is 6.54 Å². The SMILES string of the molecule is CC(C)CC1(C)N=C(N)N(Cc2cccc(CNC(=O)NC3C[C@H]3c3ccccc3)c2)C1=O. The second-order valence-electron chi connectivity index (χ2n) is 9.74. The molecule has 33 heavy (non-hydrogen) atoms. The molecule has 2 unspecified atom stereocenters. The van der Waals surface area contributed by atoms with E-state index in [0.717, 1.165) is 17.5 Å². The minimum absolute atomic E-state index is 0.0611. The molecule has 1 aliphatic carbocycles. The summed E-state index contributed by atoms with van der Waals surface area (Å²) >= 11 is 0. The number of amides is 3. The van der Waals surface area contributed by atoms with Crippen LogP contribution in [0.15, 0.2) is 59.6 Å². The van der Waals surface area contributed by atoms with E-state index in [0.29, 0.717) is 31.3 Å². The molecule has 3 amide bonds. The van der Waals surface area contributed by atoms with Gasteiger partial charge in [0.1, 0.15) is 5.54 Å². The van der Waals surface area contributed by atoms with Gasteiger partial charge < -0.3 is 16.4 Å². The lowest BCUT2D eigenvalue weighted by molar-refractivity contribution is -0.131. The number of rotatable bonds is 8. The second kappa shape index (κ2) is 9.25. The Bertz CT molecular complexity index is 1050. The van der Waals surface area contributed by atoms with Gasteiger partial charge in [-0.25, -0.2) is 9.79 Å². The smallest absolute Gasteiger partial charge is 0.315 e. The average Bonchev–Trinajstić information content (AvgIpc) is 3.50. The summed E-state index contributed by atoms with van der Waals surface area (Å²) in [5, 5.41) is 5.98. The van der Waals surface area contributed by atoms with Crippen molar-refractivity contribution in [3.05, 3.63) is 71.3 Å². The van der Waals surface area contributed by atoms with Crippen LogP contribution in [0, 0.1) is 5.92 Å². The number of nitrogens with zero attached hydrogens (tertiary/aromatic N) is 2. The summed E-state index contributed by atoms with van der Waals surface area (Å²) in [6, 6.07) is 18.1. The fourth-order valence-corrected chi connectivity index (χ4v) is 4.68. The summed E-state index contributed by atoms with van der Waals surface area (Å²) in [6.07, 6.45) is 1.63. The van der Waals surface area contributed by atoms with Crippen molar-refractivity contribution in [1.29, 1.82) is 0 Å². The van der Waals surface area contributed by atoms with E-state index in [1.165, 1.54) is 5.56 Å². The summed E-state index contributed by atoms with van der Waals surface area (Å²) < 4.78 is 0. The molecule has 0 saturated heterocycles. The van der Waals surface area contributed by atoms with Crippen LogP contribution in [0.5, 0.6) is 0 Å². The van der Waals surface area contributed by atoms with Crippen molar-refractivity contribution in [3.63, 3.8) is 0 Å². The van der Waals surface area contributed by atoms with Gasteiger partial charge in [-0.1, -0.05) is 68.4 Å². The summed E-state index contributed by atoms with van der Waals surface area (Å²) in [6.45, 7) is 6.77. The summed E-state index contributed by atoms with van der Waals surface area (Å²) in [7, 11) is 0. The standard InChI is InChI=1S/C26H33N5O2/c1-17(2)14-26(3)23(32)31(24(27)30-26)16-19-9-7-8-18(12-19)15-28-25(33)29-22-13-21(22)20-10-5-4-6-11-20/h4-12,17,21-22H,13-16H2,1-3H3,(H2,27,30)(H2,28,29,33)/t21-,22?,26?/m0/s1. The van der Waals surface area contributed by atoms with Crippen LogP contribution >= 0.6 is 0 Å². The lowest BCUT2D eigenvalue weighted by Crippen LogP contribution is -2.43. The van der Waals surface area contributed by atoms with Gasteiger partial charge in [-0.3, -0.25) is 9.69 Å². The van der Waals surface area contributed by atoms with E-state index in [9.17, 15) is 9.59 Å². The molecule has 1 saturated carbocycles. The molecule has 7 heteroatoms. The number of nitrogens with two attached hydrogens (primary N) is 1. The highest BCUT2D eigenvalue weighted by atomic mass is 16.2. The Morgan fingerprint density at radius 3 is 2.64 bits per heavy atom. The molecule has 174 valence electrons. The molecule has 2 aliphatic rings. The molecule has 3 atom stereocenters. The van der Waals surface area contributed by atoms with Crippen molar-refractivity contribution in [2.45, 2.75) is 64.2 Å². The van der Waals surface area contributed by atoms with E-state index in [2.05, 4.69) is 41.6 Å². The maximum Gasteiger partial charge on any atom is 0.315 e. The lowest BCUT2D eigenvalue weighted by atomic mass is 9.91. The van der Waals surface area contributed by atoms with Crippen molar-refractivity contribution < 1.29 is 9.59 Å². The number of carbonyl (C=O) groups is 2. The first-order valence-corrected chi connectivity index (χ1v) is 11.6. The van der Waals surface area contributed by atoms with E-state index in [4.69, 9.17) is 5.73 Å². The fourth-order valence-electron chi connectivity index (χ4n) is 4.68. The van der Waals surface area contributed by atoms with Gasteiger partial charge in [-0.2, -0.15) is 0 Å². The monoisotopic (exact) mass is 447 g/mol. The van der Waals surface area contributed by atoms with Crippen molar-refractivity contribution in [2.75, 3.05) is 0 Å². The Kier molecular flexibility index (Phi) is 6.40. The largest absolute Gasteiger partial charge is 0.369 e. The molecule has 4 N–H and O–H groups in total. The van der Waals surface area contributed by atoms with Gasteiger partial charge >= 0.3 is 6.03 Å². The highest BCUT2D eigenvalue weighted by molar-refractivity contribution is 6.06. The number of nitrogens with one attached hydrogen (secondary N) is 2. The van der Waals surface area contributed by atoms with Crippen LogP contribution in [0.25, 0.3) is 0 Å². The molecule has 0 aromatic heterocycles. The first-order valence-electron chi connectivity index (χ1n) is 11.6. The molecule has 4 rings (SSSR count).